The molecule has 1 nitrogen and oxygen atoms in total. The summed E-state index contributed by atoms with van der Waals surface area (Å²) in [5, 5.41) is 3.56. The molecule has 1 fully saturated rings. The molecular formula is C15H21N. The van der Waals surface area contributed by atoms with E-state index < -0.39 is 0 Å². The zero-order valence-electron chi connectivity index (χ0n) is 10.1. The Kier molecular flexibility index (Phi) is 2.62. The largest absolute Gasteiger partial charge is 0.384 e. The summed E-state index contributed by atoms with van der Waals surface area (Å²) in [6, 6.07) is 8.86. The molecule has 0 saturated heterocycles. The highest BCUT2D eigenvalue weighted by Crippen LogP contribution is 2.43. The number of para-hydroxylation sites is 1. The number of benzene rings is 1. The second kappa shape index (κ2) is 4.12. The maximum atomic E-state index is 3.56. The lowest BCUT2D eigenvalue weighted by Crippen LogP contribution is -2.21. The van der Waals surface area contributed by atoms with E-state index in [0.717, 1.165) is 24.3 Å². The Balaban J connectivity index is 1.81. The van der Waals surface area contributed by atoms with Crippen LogP contribution in [-0.2, 0) is 0 Å². The SMILES string of the molecule is CC1CCCC(C2CNc3ccccc32)C1. The summed E-state index contributed by atoms with van der Waals surface area (Å²) in [6.07, 6.45) is 5.74. The number of hydrogen-bond acceptors (Lipinski definition) is 1. The summed E-state index contributed by atoms with van der Waals surface area (Å²) < 4.78 is 0. The zero-order chi connectivity index (χ0) is 11.0. The number of fused-ring (bicyclic) bond motifs is 1. The van der Waals surface area contributed by atoms with Gasteiger partial charge >= 0.3 is 0 Å². The number of nitrogens with one attached hydrogen (secondary N) is 1. The Bertz CT molecular complexity index is 371. The van der Waals surface area contributed by atoms with E-state index in [9.17, 15) is 0 Å². The van der Waals surface area contributed by atoms with Crippen molar-refractivity contribution in [2.24, 2.45) is 11.8 Å². The molecule has 1 saturated carbocycles. The van der Waals surface area contributed by atoms with Gasteiger partial charge in [-0.2, -0.15) is 0 Å². The van der Waals surface area contributed by atoms with E-state index >= 15 is 0 Å². The maximum absolute atomic E-state index is 3.56. The second-order valence-corrected chi connectivity index (χ2v) is 5.61. The monoisotopic (exact) mass is 215 g/mol. The molecule has 0 spiro atoms. The van der Waals surface area contributed by atoms with Crippen molar-refractivity contribution in [1.82, 2.24) is 0 Å². The predicted octanol–water partition coefficient (Wildman–Crippen LogP) is 4.02. The molecule has 0 aromatic heterocycles. The van der Waals surface area contributed by atoms with Gasteiger partial charge in [0.05, 0.1) is 0 Å². The number of rotatable bonds is 1. The lowest BCUT2D eigenvalue weighted by atomic mass is 9.74. The molecule has 1 aromatic carbocycles. The van der Waals surface area contributed by atoms with Gasteiger partial charge in [0.2, 0.25) is 0 Å². The van der Waals surface area contributed by atoms with Crippen LogP contribution < -0.4 is 5.32 Å². The predicted molar refractivity (Wildman–Crippen MR) is 68.8 cm³/mol. The fraction of sp³-hybridized carbons (Fsp3) is 0.600. The molecule has 1 aromatic rings. The first kappa shape index (κ1) is 10.2. The molecule has 0 amide bonds. The molecule has 1 heteroatoms. The molecule has 86 valence electrons. The zero-order valence-corrected chi connectivity index (χ0v) is 10.1. The van der Waals surface area contributed by atoms with Gasteiger partial charge < -0.3 is 5.32 Å². The first-order chi connectivity index (χ1) is 7.84. The van der Waals surface area contributed by atoms with Gasteiger partial charge in [0.1, 0.15) is 0 Å². The first-order valence-electron chi connectivity index (χ1n) is 6.67. The highest BCUT2D eigenvalue weighted by molar-refractivity contribution is 5.57. The molecule has 1 aliphatic carbocycles. The summed E-state index contributed by atoms with van der Waals surface area (Å²) in [5.74, 6) is 2.63. The quantitative estimate of drug-likeness (QED) is 0.746. The van der Waals surface area contributed by atoms with Gasteiger partial charge in [-0.15, -0.1) is 0 Å². The Morgan fingerprint density at radius 1 is 1.19 bits per heavy atom. The second-order valence-electron chi connectivity index (χ2n) is 5.61. The van der Waals surface area contributed by atoms with Gasteiger partial charge in [0.15, 0.2) is 0 Å². The lowest BCUT2D eigenvalue weighted by molar-refractivity contribution is 0.253. The van der Waals surface area contributed by atoms with Gasteiger partial charge in [0, 0.05) is 18.2 Å². The molecule has 3 atom stereocenters. The van der Waals surface area contributed by atoms with Crippen molar-refractivity contribution < 1.29 is 0 Å². The van der Waals surface area contributed by atoms with Crippen LogP contribution in [0.2, 0.25) is 0 Å². The molecule has 0 radical (unpaired) electrons. The van der Waals surface area contributed by atoms with Crippen molar-refractivity contribution in [3.05, 3.63) is 29.8 Å². The van der Waals surface area contributed by atoms with E-state index in [4.69, 9.17) is 0 Å². The van der Waals surface area contributed by atoms with Crippen LogP contribution in [0.3, 0.4) is 0 Å². The average Bonchev–Trinajstić information content (AvgIpc) is 2.72. The van der Waals surface area contributed by atoms with E-state index in [1.165, 1.54) is 31.4 Å². The minimum Gasteiger partial charge on any atom is -0.384 e. The lowest BCUT2D eigenvalue weighted by Gasteiger charge is -2.31. The Morgan fingerprint density at radius 2 is 2.06 bits per heavy atom. The topological polar surface area (TPSA) is 12.0 Å². The summed E-state index contributed by atoms with van der Waals surface area (Å²) in [4.78, 5) is 0. The van der Waals surface area contributed by atoms with E-state index in [-0.39, 0.29) is 0 Å². The molecular weight excluding hydrogens is 194 g/mol. The minimum atomic E-state index is 0.777. The number of hydrogen-bond donors (Lipinski definition) is 1. The summed E-state index contributed by atoms with van der Waals surface area (Å²) in [5.41, 5.74) is 2.95. The van der Waals surface area contributed by atoms with Gasteiger partial charge in [-0.1, -0.05) is 38.0 Å². The third kappa shape index (κ3) is 1.73. The average molecular weight is 215 g/mol. The smallest absolute Gasteiger partial charge is 0.0376 e. The first-order valence-corrected chi connectivity index (χ1v) is 6.67. The Morgan fingerprint density at radius 3 is 2.94 bits per heavy atom. The highest BCUT2D eigenvalue weighted by Gasteiger charge is 2.31. The minimum absolute atomic E-state index is 0.777. The number of anilines is 1. The van der Waals surface area contributed by atoms with Gasteiger partial charge in [-0.05, 0) is 36.3 Å². The molecule has 1 N–H and O–H groups in total. The third-order valence-electron chi connectivity index (χ3n) is 4.42. The maximum Gasteiger partial charge on any atom is 0.0376 e. The molecule has 3 unspecified atom stereocenters. The highest BCUT2D eigenvalue weighted by atomic mass is 14.9. The van der Waals surface area contributed by atoms with Crippen LogP contribution in [0, 0.1) is 11.8 Å². The van der Waals surface area contributed by atoms with Crippen molar-refractivity contribution >= 4 is 5.69 Å². The molecule has 1 aliphatic heterocycles. The van der Waals surface area contributed by atoms with Crippen LogP contribution in [0.4, 0.5) is 5.69 Å². The van der Waals surface area contributed by atoms with E-state index in [0.29, 0.717) is 0 Å². The van der Waals surface area contributed by atoms with Crippen molar-refractivity contribution in [2.45, 2.75) is 38.5 Å². The van der Waals surface area contributed by atoms with E-state index in [1.54, 1.807) is 5.56 Å². The van der Waals surface area contributed by atoms with Crippen molar-refractivity contribution in [1.29, 1.82) is 0 Å². The molecule has 0 bridgehead atoms. The van der Waals surface area contributed by atoms with Crippen LogP contribution in [0.1, 0.15) is 44.1 Å². The molecule has 3 rings (SSSR count). The van der Waals surface area contributed by atoms with E-state index in [1.807, 2.05) is 0 Å². The normalized spacial score (nSPS) is 33.2. The van der Waals surface area contributed by atoms with Crippen LogP contribution in [-0.4, -0.2) is 6.54 Å². The third-order valence-corrected chi connectivity index (χ3v) is 4.42. The Hall–Kier alpha value is -0.980. The summed E-state index contributed by atoms with van der Waals surface area (Å²) in [7, 11) is 0. The van der Waals surface area contributed by atoms with Crippen LogP contribution >= 0.6 is 0 Å². The van der Waals surface area contributed by atoms with Gasteiger partial charge in [-0.25, -0.2) is 0 Å². The molecule has 16 heavy (non-hydrogen) atoms. The fourth-order valence-corrected chi connectivity index (χ4v) is 3.58. The summed E-state index contributed by atoms with van der Waals surface area (Å²) in [6.45, 7) is 3.58. The van der Waals surface area contributed by atoms with Crippen LogP contribution in [0.15, 0.2) is 24.3 Å². The molecule has 1 heterocycles. The van der Waals surface area contributed by atoms with Crippen molar-refractivity contribution in [3.63, 3.8) is 0 Å². The van der Waals surface area contributed by atoms with Crippen molar-refractivity contribution in [3.8, 4) is 0 Å². The van der Waals surface area contributed by atoms with Crippen LogP contribution in [0.5, 0.6) is 0 Å². The Labute approximate surface area is 98.3 Å². The van der Waals surface area contributed by atoms with Gasteiger partial charge in [-0.3, -0.25) is 0 Å². The fourth-order valence-electron chi connectivity index (χ4n) is 3.58. The summed E-state index contributed by atoms with van der Waals surface area (Å²) >= 11 is 0. The molecule has 2 aliphatic rings. The van der Waals surface area contributed by atoms with Crippen LogP contribution in [0.25, 0.3) is 0 Å². The van der Waals surface area contributed by atoms with Gasteiger partial charge in [0.25, 0.3) is 0 Å². The standard InChI is InChI=1S/C15H21N/c1-11-5-4-6-12(9-11)14-10-16-15-8-3-2-7-13(14)15/h2-3,7-8,11-12,14,16H,4-6,9-10H2,1H3. The van der Waals surface area contributed by atoms with Crippen molar-refractivity contribution in [2.75, 3.05) is 11.9 Å². The van der Waals surface area contributed by atoms with E-state index in [2.05, 4.69) is 36.5 Å².